The first-order chi connectivity index (χ1) is 9.91. The van der Waals surface area contributed by atoms with Crippen LogP contribution in [-0.2, 0) is 12.8 Å². The molecule has 0 aliphatic carbocycles. The Morgan fingerprint density at radius 3 is 2.33 bits per heavy atom. The molecule has 0 fully saturated rings. The fourth-order valence-corrected chi connectivity index (χ4v) is 1.82. The van der Waals surface area contributed by atoms with Crippen molar-refractivity contribution < 1.29 is 23.1 Å². The summed E-state index contributed by atoms with van der Waals surface area (Å²) < 4.78 is 39.0. The zero-order chi connectivity index (χ0) is 15.5. The fraction of sp³-hybridized carbons (Fsp3) is 0.133. The third-order valence-corrected chi connectivity index (χ3v) is 2.86. The van der Waals surface area contributed by atoms with Crippen molar-refractivity contribution in [2.45, 2.75) is 12.8 Å². The summed E-state index contributed by atoms with van der Waals surface area (Å²) in [5.41, 5.74) is -0.941. The van der Waals surface area contributed by atoms with Gasteiger partial charge in [0.05, 0.1) is 17.9 Å². The standard InChI is InChI=1S/C15H12F3NO2/c16-15(17,18)12-8-10(9-20)6-7-13(12)19-14(21)11-4-2-1-3-5-11/h1-8,20H,9H2,(H,19,21). The summed E-state index contributed by atoms with van der Waals surface area (Å²) in [6.45, 7) is -0.504. The van der Waals surface area contributed by atoms with Crippen LogP contribution in [0.2, 0.25) is 0 Å². The molecule has 0 heterocycles. The predicted molar refractivity (Wildman–Crippen MR) is 71.8 cm³/mol. The molecule has 0 spiro atoms. The van der Waals surface area contributed by atoms with E-state index < -0.39 is 24.3 Å². The Morgan fingerprint density at radius 1 is 1.10 bits per heavy atom. The molecule has 0 unspecified atom stereocenters. The Hall–Kier alpha value is -2.34. The number of hydrogen-bond acceptors (Lipinski definition) is 2. The van der Waals surface area contributed by atoms with Crippen molar-refractivity contribution in [3.8, 4) is 0 Å². The molecule has 0 saturated carbocycles. The number of benzene rings is 2. The lowest BCUT2D eigenvalue weighted by Crippen LogP contribution is -2.17. The second-order valence-electron chi connectivity index (χ2n) is 4.36. The Bertz CT molecular complexity index is 639. The maximum absolute atomic E-state index is 13.0. The van der Waals surface area contributed by atoms with E-state index >= 15 is 0 Å². The number of hydrogen-bond donors (Lipinski definition) is 2. The van der Waals surface area contributed by atoms with Crippen molar-refractivity contribution in [1.82, 2.24) is 0 Å². The number of alkyl halides is 3. The van der Waals surface area contributed by atoms with Crippen LogP contribution >= 0.6 is 0 Å². The highest BCUT2D eigenvalue weighted by atomic mass is 19.4. The highest BCUT2D eigenvalue weighted by molar-refractivity contribution is 6.04. The summed E-state index contributed by atoms with van der Waals surface area (Å²) in [6.07, 6.45) is -4.62. The minimum absolute atomic E-state index is 0.125. The number of amides is 1. The number of carbonyl (C=O) groups is 1. The number of rotatable bonds is 3. The molecule has 2 aromatic rings. The lowest BCUT2D eigenvalue weighted by Gasteiger charge is -2.15. The van der Waals surface area contributed by atoms with E-state index in [1.807, 2.05) is 0 Å². The summed E-state index contributed by atoms with van der Waals surface area (Å²) in [7, 11) is 0. The molecule has 21 heavy (non-hydrogen) atoms. The van der Waals surface area contributed by atoms with Crippen LogP contribution in [0.3, 0.4) is 0 Å². The van der Waals surface area contributed by atoms with E-state index in [-0.39, 0.29) is 16.8 Å². The van der Waals surface area contributed by atoms with E-state index in [0.29, 0.717) is 0 Å². The zero-order valence-electron chi connectivity index (χ0n) is 10.8. The molecule has 2 N–H and O–H groups in total. The van der Waals surface area contributed by atoms with E-state index in [1.54, 1.807) is 18.2 Å². The number of carbonyl (C=O) groups excluding carboxylic acids is 1. The molecule has 0 aromatic heterocycles. The smallest absolute Gasteiger partial charge is 0.392 e. The lowest BCUT2D eigenvalue weighted by molar-refractivity contribution is -0.137. The van der Waals surface area contributed by atoms with Gasteiger partial charge in [-0.1, -0.05) is 24.3 Å². The van der Waals surface area contributed by atoms with Crippen LogP contribution in [-0.4, -0.2) is 11.0 Å². The number of aliphatic hydroxyl groups excluding tert-OH is 1. The van der Waals surface area contributed by atoms with E-state index in [9.17, 15) is 18.0 Å². The molecule has 0 aliphatic rings. The minimum atomic E-state index is -4.62. The van der Waals surface area contributed by atoms with Gasteiger partial charge >= 0.3 is 6.18 Å². The molecule has 0 aliphatic heterocycles. The lowest BCUT2D eigenvalue weighted by atomic mass is 10.1. The van der Waals surface area contributed by atoms with E-state index in [0.717, 1.165) is 12.1 Å². The monoisotopic (exact) mass is 295 g/mol. The molecule has 0 bridgehead atoms. The van der Waals surface area contributed by atoms with Gasteiger partial charge in [-0.05, 0) is 29.8 Å². The average molecular weight is 295 g/mol. The zero-order valence-corrected chi connectivity index (χ0v) is 10.8. The van der Waals surface area contributed by atoms with E-state index in [1.165, 1.54) is 18.2 Å². The first kappa shape index (κ1) is 15.1. The van der Waals surface area contributed by atoms with Crippen molar-refractivity contribution >= 4 is 11.6 Å². The largest absolute Gasteiger partial charge is 0.418 e. The van der Waals surface area contributed by atoms with Crippen LogP contribution in [0, 0.1) is 0 Å². The molecule has 1 amide bonds. The molecule has 110 valence electrons. The average Bonchev–Trinajstić information content (AvgIpc) is 2.47. The quantitative estimate of drug-likeness (QED) is 0.911. The molecular weight excluding hydrogens is 283 g/mol. The number of anilines is 1. The van der Waals surface area contributed by atoms with Gasteiger partial charge in [0.1, 0.15) is 0 Å². The van der Waals surface area contributed by atoms with Gasteiger partial charge in [0.15, 0.2) is 0 Å². The Balaban J connectivity index is 2.34. The molecule has 0 saturated heterocycles. The van der Waals surface area contributed by atoms with Crippen LogP contribution < -0.4 is 5.32 Å². The first-order valence-corrected chi connectivity index (χ1v) is 6.09. The molecule has 0 atom stereocenters. The van der Waals surface area contributed by atoms with Crippen molar-refractivity contribution in [1.29, 1.82) is 0 Å². The second-order valence-corrected chi connectivity index (χ2v) is 4.36. The van der Waals surface area contributed by atoms with Crippen molar-refractivity contribution in [3.05, 3.63) is 65.2 Å². The topological polar surface area (TPSA) is 49.3 Å². The van der Waals surface area contributed by atoms with Crippen LogP contribution in [0.25, 0.3) is 0 Å². The van der Waals surface area contributed by atoms with Gasteiger partial charge < -0.3 is 10.4 Å². The van der Waals surface area contributed by atoms with Crippen LogP contribution in [0.4, 0.5) is 18.9 Å². The Labute approximate surface area is 119 Å². The molecule has 2 rings (SSSR count). The summed E-state index contributed by atoms with van der Waals surface area (Å²) in [5, 5.41) is 11.2. The van der Waals surface area contributed by atoms with E-state index in [2.05, 4.69) is 5.32 Å². The highest BCUT2D eigenvalue weighted by Gasteiger charge is 2.34. The van der Waals surface area contributed by atoms with Gasteiger partial charge in [0.25, 0.3) is 5.91 Å². The Kier molecular flexibility index (Phi) is 4.28. The van der Waals surface area contributed by atoms with Crippen molar-refractivity contribution in [2.24, 2.45) is 0 Å². The first-order valence-electron chi connectivity index (χ1n) is 6.09. The second kappa shape index (κ2) is 5.97. The number of halogens is 3. The Morgan fingerprint density at radius 2 is 1.76 bits per heavy atom. The normalized spacial score (nSPS) is 11.2. The van der Waals surface area contributed by atoms with Crippen LogP contribution in [0.1, 0.15) is 21.5 Å². The van der Waals surface area contributed by atoms with Gasteiger partial charge in [0, 0.05) is 5.56 Å². The molecular formula is C15H12F3NO2. The molecule has 3 nitrogen and oxygen atoms in total. The van der Waals surface area contributed by atoms with E-state index in [4.69, 9.17) is 5.11 Å². The number of aliphatic hydroxyl groups is 1. The molecule has 2 aromatic carbocycles. The predicted octanol–water partition coefficient (Wildman–Crippen LogP) is 3.45. The maximum Gasteiger partial charge on any atom is 0.418 e. The van der Waals surface area contributed by atoms with Gasteiger partial charge in [-0.2, -0.15) is 13.2 Å². The maximum atomic E-state index is 13.0. The SMILES string of the molecule is O=C(Nc1ccc(CO)cc1C(F)(F)F)c1ccccc1. The number of nitrogens with one attached hydrogen (secondary N) is 1. The summed E-state index contributed by atoms with van der Waals surface area (Å²) >= 11 is 0. The summed E-state index contributed by atoms with van der Waals surface area (Å²) in [4.78, 5) is 11.9. The highest BCUT2D eigenvalue weighted by Crippen LogP contribution is 2.35. The molecule has 6 heteroatoms. The van der Waals surface area contributed by atoms with Crippen LogP contribution in [0.15, 0.2) is 48.5 Å². The van der Waals surface area contributed by atoms with Gasteiger partial charge in [0.2, 0.25) is 0 Å². The molecule has 0 radical (unpaired) electrons. The fourth-order valence-electron chi connectivity index (χ4n) is 1.82. The third-order valence-electron chi connectivity index (χ3n) is 2.86. The van der Waals surface area contributed by atoms with Crippen molar-refractivity contribution in [3.63, 3.8) is 0 Å². The summed E-state index contributed by atoms with van der Waals surface area (Å²) in [6, 6.07) is 11.2. The van der Waals surface area contributed by atoms with Gasteiger partial charge in [-0.15, -0.1) is 0 Å². The van der Waals surface area contributed by atoms with Gasteiger partial charge in [-0.25, -0.2) is 0 Å². The third kappa shape index (κ3) is 3.61. The van der Waals surface area contributed by atoms with Gasteiger partial charge in [-0.3, -0.25) is 4.79 Å². The van der Waals surface area contributed by atoms with Crippen LogP contribution in [0.5, 0.6) is 0 Å². The van der Waals surface area contributed by atoms with Crippen molar-refractivity contribution in [2.75, 3.05) is 5.32 Å². The summed E-state index contributed by atoms with van der Waals surface area (Å²) in [5.74, 6) is -0.627. The minimum Gasteiger partial charge on any atom is -0.392 e.